The van der Waals surface area contributed by atoms with E-state index < -0.39 is 35.9 Å². The van der Waals surface area contributed by atoms with E-state index in [0.717, 1.165) is 11.1 Å². The van der Waals surface area contributed by atoms with Crippen molar-refractivity contribution in [3.63, 3.8) is 0 Å². The van der Waals surface area contributed by atoms with Gasteiger partial charge in [-0.1, -0.05) is 54.9 Å². The first-order chi connectivity index (χ1) is 20.9. The summed E-state index contributed by atoms with van der Waals surface area (Å²) in [6, 6.07) is 8.66. The van der Waals surface area contributed by atoms with Crippen LogP contribution in [0.3, 0.4) is 0 Å². The minimum absolute atomic E-state index is 0.0293. The number of nitrogens with zero attached hydrogens (tertiary/aromatic N) is 3. The average Bonchev–Trinajstić information content (AvgIpc) is 3.43. The summed E-state index contributed by atoms with van der Waals surface area (Å²) in [6.07, 6.45) is 1.93. The van der Waals surface area contributed by atoms with E-state index in [1.54, 1.807) is 17.9 Å². The van der Waals surface area contributed by atoms with Gasteiger partial charge in [0.15, 0.2) is 5.69 Å². The van der Waals surface area contributed by atoms with Crippen LogP contribution in [0.4, 0.5) is 0 Å². The van der Waals surface area contributed by atoms with E-state index in [0.29, 0.717) is 31.7 Å². The topological polar surface area (TPSA) is 178 Å². The number of carbonyl (C=O) groups excluding carboxylic acids is 4. The van der Waals surface area contributed by atoms with Crippen LogP contribution in [0.2, 0.25) is 0 Å². The molecule has 12 heteroatoms. The lowest BCUT2D eigenvalue weighted by atomic mass is 9.90. The van der Waals surface area contributed by atoms with Crippen LogP contribution in [0, 0.1) is 37.0 Å². The molecule has 236 valence electrons. The number of amides is 4. The van der Waals surface area contributed by atoms with Gasteiger partial charge in [-0.3, -0.25) is 19.2 Å². The molecule has 1 fully saturated rings. The van der Waals surface area contributed by atoms with Crippen molar-refractivity contribution < 1.29 is 28.8 Å². The van der Waals surface area contributed by atoms with Gasteiger partial charge in [-0.05, 0) is 57.4 Å². The van der Waals surface area contributed by atoms with Crippen molar-refractivity contribution in [2.45, 2.75) is 78.6 Å². The zero-order chi connectivity index (χ0) is 32.4. The normalized spacial score (nSPS) is 17.3. The smallest absolute Gasteiger partial charge is 0.274 e. The van der Waals surface area contributed by atoms with Gasteiger partial charge in [-0.25, -0.2) is 0 Å². The second-order valence-electron chi connectivity index (χ2n) is 11.7. The summed E-state index contributed by atoms with van der Waals surface area (Å²) in [5.74, 6) is -1.98. The molecule has 4 amide bonds. The largest absolute Gasteiger partial charge is 0.391 e. The summed E-state index contributed by atoms with van der Waals surface area (Å²) in [6.45, 7) is 9.75. The van der Waals surface area contributed by atoms with Crippen LogP contribution >= 0.6 is 0 Å². The van der Waals surface area contributed by atoms with Gasteiger partial charge in [-0.2, -0.15) is 5.26 Å². The number of carbonyl (C=O) groups is 4. The van der Waals surface area contributed by atoms with E-state index in [1.807, 2.05) is 51.1 Å². The fourth-order valence-electron chi connectivity index (χ4n) is 5.04. The number of aromatic nitrogens is 1. The predicted octanol–water partition coefficient (Wildman–Crippen LogP) is 2.31. The Morgan fingerprint density at radius 1 is 1.14 bits per heavy atom. The number of hydrogen-bond acceptors (Lipinski definition) is 8. The molecule has 3 rings (SSSR count). The van der Waals surface area contributed by atoms with Crippen LogP contribution in [-0.4, -0.2) is 70.1 Å². The Balaban J connectivity index is 1.77. The lowest BCUT2D eigenvalue weighted by Gasteiger charge is -2.34. The van der Waals surface area contributed by atoms with Crippen LogP contribution in [-0.2, 0) is 20.9 Å². The molecule has 2 aromatic rings. The van der Waals surface area contributed by atoms with Crippen molar-refractivity contribution in [1.82, 2.24) is 26.0 Å². The first-order valence-corrected chi connectivity index (χ1v) is 14.8. The van der Waals surface area contributed by atoms with Crippen molar-refractivity contribution in [1.29, 1.82) is 5.26 Å². The Bertz CT molecular complexity index is 1390. The van der Waals surface area contributed by atoms with Gasteiger partial charge in [0, 0.05) is 25.7 Å². The van der Waals surface area contributed by atoms with E-state index >= 15 is 0 Å². The van der Waals surface area contributed by atoms with Gasteiger partial charge < -0.3 is 30.5 Å². The molecule has 1 aromatic heterocycles. The van der Waals surface area contributed by atoms with E-state index in [-0.39, 0.29) is 42.0 Å². The summed E-state index contributed by atoms with van der Waals surface area (Å²) < 4.78 is 4.93. The number of aryl methyl sites for hydroxylation is 2. The maximum atomic E-state index is 13.5. The molecule has 0 saturated carbocycles. The van der Waals surface area contributed by atoms with Crippen LogP contribution < -0.4 is 16.0 Å². The Kier molecular flexibility index (Phi) is 12.2. The van der Waals surface area contributed by atoms with Gasteiger partial charge in [0.2, 0.25) is 11.8 Å². The van der Waals surface area contributed by atoms with Gasteiger partial charge >= 0.3 is 0 Å². The number of likely N-dealkylation sites (tertiary alicyclic amines) is 1. The lowest BCUT2D eigenvalue weighted by molar-refractivity contribution is -0.132. The molecule has 12 nitrogen and oxygen atoms in total. The molecule has 4 atom stereocenters. The Morgan fingerprint density at radius 2 is 1.84 bits per heavy atom. The molecule has 1 aliphatic rings. The first kappa shape index (κ1) is 34.0. The SMILES string of the molecule is Cc1ccc(CNC(=O)C(CC2CCCN(C(=O)C(C#N)=CC(C)C)C2)NC(=O)[C@@H](NC(=O)c2cc(C)on2)[C@@H](C)O)cc1. The molecule has 1 aliphatic heterocycles. The highest BCUT2D eigenvalue weighted by atomic mass is 16.5. The van der Waals surface area contributed by atoms with Crippen molar-refractivity contribution >= 4 is 23.6 Å². The van der Waals surface area contributed by atoms with Crippen molar-refractivity contribution in [2.24, 2.45) is 11.8 Å². The highest BCUT2D eigenvalue weighted by molar-refractivity contribution is 5.98. The maximum absolute atomic E-state index is 13.5. The monoisotopic (exact) mass is 606 g/mol. The predicted molar refractivity (Wildman–Crippen MR) is 162 cm³/mol. The highest BCUT2D eigenvalue weighted by Crippen LogP contribution is 2.23. The van der Waals surface area contributed by atoms with Crippen LogP contribution in [0.5, 0.6) is 0 Å². The number of nitriles is 1. The van der Waals surface area contributed by atoms with Gasteiger partial charge in [0.1, 0.15) is 29.5 Å². The van der Waals surface area contributed by atoms with Gasteiger partial charge in [0.25, 0.3) is 11.8 Å². The Labute approximate surface area is 257 Å². The third-order valence-corrected chi connectivity index (χ3v) is 7.36. The number of aliphatic hydroxyl groups is 1. The van der Waals surface area contributed by atoms with Crippen LogP contribution in [0.1, 0.15) is 67.4 Å². The number of benzene rings is 1. The summed E-state index contributed by atoms with van der Waals surface area (Å²) in [7, 11) is 0. The van der Waals surface area contributed by atoms with Crippen LogP contribution in [0.25, 0.3) is 0 Å². The number of rotatable bonds is 12. The number of hydrogen-bond donors (Lipinski definition) is 4. The number of allylic oxidation sites excluding steroid dienone is 1. The molecule has 2 heterocycles. The molecule has 1 aromatic carbocycles. The standard InChI is InChI=1S/C32H42N6O6/c1-19(2)13-25(16-33)32(43)38-12-6-7-24(18-38)15-26(29(40)34-17-23-10-8-20(3)9-11-23)35-31(42)28(22(5)39)36-30(41)27-14-21(4)44-37-27/h8-11,13-14,19,22,24,26,28,39H,6-7,12,15,17-18H2,1-5H3,(H,34,40)(H,35,42)(H,36,41)/t22-,24?,26?,28+/m1/s1. The number of piperidine rings is 1. The summed E-state index contributed by atoms with van der Waals surface area (Å²) in [5.41, 5.74) is 1.99. The molecule has 1 saturated heterocycles. The zero-order valence-electron chi connectivity index (χ0n) is 25.9. The Morgan fingerprint density at radius 3 is 2.43 bits per heavy atom. The number of nitrogens with one attached hydrogen (secondary N) is 3. The van der Waals surface area contributed by atoms with Crippen molar-refractivity contribution in [3.8, 4) is 6.07 Å². The van der Waals surface area contributed by atoms with Crippen LogP contribution in [0.15, 0.2) is 46.5 Å². The third-order valence-electron chi connectivity index (χ3n) is 7.36. The minimum Gasteiger partial charge on any atom is -0.391 e. The highest BCUT2D eigenvalue weighted by Gasteiger charge is 2.34. The second-order valence-corrected chi connectivity index (χ2v) is 11.7. The van der Waals surface area contributed by atoms with Gasteiger partial charge in [0.05, 0.1) is 6.10 Å². The molecule has 44 heavy (non-hydrogen) atoms. The number of aliphatic hydroxyl groups excluding tert-OH is 1. The van der Waals surface area contributed by atoms with E-state index in [9.17, 15) is 29.5 Å². The first-order valence-electron chi connectivity index (χ1n) is 14.8. The summed E-state index contributed by atoms with van der Waals surface area (Å²) in [5, 5.41) is 31.6. The van der Waals surface area contributed by atoms with E-state index in [1.165, 1.54) is 13.0 Å². The molecular formula is C32H42N6O6. The van der Waals surface area contributed by atoms with Crippen molar-refractivity contribution in [2.75, 3.05) is 13.1 Å². The molecule has 0 radical (unpaired) electrons. The van der Waals surface area contributed by atoms with E-state index in [4.69, 9.17) is 4.52 Å². The molecule has 0 spiro atoms. The third kappa shape index (κ3) is 9.77. The summed E-state index contributed by atoms with van der Waals surface area (Å²) >= 11 is 0. The second kappa shape index (κ2) is 15.8. The quantitative estimate of drug-likeness (QED) is 0.210. The molecule has 0 aliphatic carbocycles. The lowest BCUT2D eigenvalue weighted by Crippen LogP contribution is -2.57. The summed E-state index contributed by atoms with van der Waals surface area (Å²) in [4.78, 5) is 54.3. The molecule has 0 bridgehead atoms. The fourth-order valence-corrected chi connectivity index (χ4v) is 5.04. The van der Waals surface area contributed by atoms with Gasteiger partial charge in [-0.15, -0.1) is 0 Å². The average molecular weight is 607 g/mol. The minimum atomic E-state index is -1.38. The zero-order valence-corrected chi connectivity index (χ0v) is 25.9. The molecule has 2 unspecified atom stereocenters. The Hall–Kier alpha value is -4.50. The molecule has 4 N–H and O–H groups in total. The fraction of sp³-hybridized carbons (Fsp3) is 0.500. The maximum Gasteiger partial charge on any atom is 0.274 e. The molecular weight excluding hydrogens is 564 g/mol. The van der Waals surface area contributed by atoms with Crippen molar-refractivity contribution in [3.05, 3.63) is 64.6 Å². The van der Waals surface area contributed by atoms with E-state index in [2.05, 4.69) is 21.1 Å².